The smallest absolute Gasteiger partial charge is 0.226 e. The van der Waals surface area contributed by atoms with Gasteiger partial charge in [-0.05, 0) is 30.5 Å². The lowest BCUT2D eigenvalue weighted by Crippen LogP contribution is -2.23. The number of hydrogen-bond acceptors (Lipinski definition) is 4. The number of guanidine groups is 1. The lowest BCUT2D eigenvalue weighted by Gasteiger charge is -2.06. The molecular weight excluding hydrogens is 290 g/mol. The van der Waals surface area contributed by atoms with Gasteiger partial charge in [0.05, 0.1) is 0 Å². The minimum atomic E-state index is 0.282. The molecule has 1 aromatic carbocycles. The van der Waals surface area contributed by atoms with Gasteiger partial charge >= 0.3 is 0 Å². The fourth-order valence-electron chi connectivity index (χ4n) is 2.09. The van der Waals surface area contributed by atoms with Crippen molar-refractivity contribution in [3.8, 4) is 0 Å². The van der Waals surface area contributed by atoms with Crippen molar-refractivity contribution in [1.29, 1.82) is 0 Å². The van der Waals surface area contributed by atoms with Crippen molar-refractivity contribution in [1.82, 2.24) is 10.1 Å². The standard InChI is InChI=1S/C17H25N5O/c1-4-13-7-5-8-14(11-13)20-17(18)19-10-6-9-15-21-16(12(2)3)22-23-15/h5,7-8,11-12H,4,6,9-10H2,1-3H3,(H3,18,19,20). The summed E-state index contributed by atoms with van der Waals surface area (Å²) in [4.78, 5) is 8.67. The Bertz CT molecular complexity index is 648. The second-order valence-corrected chi connectivity index (χ2v) is 5.75. The molecule has 1 heterocycles. The van der Waals surface area contributed by atoms with Crippen LogP contribution in [0.15, 0.2) is 33.8 Å². The van der Waals surface area contributed by atoms with E-state index in [1.54, 1.807) is 0 Å². The van der Waals surface area contributed by atoms with Crippen molar-refractivity contribution >= 4 is 11.6 Å². The molecule has 1 aromatic heterocycles. The van der Waals surface area contributed by atoms with Gasteiger partial charge < -0.3 is 15.6 Å². The average molecular weight is 315 g/mol. The molecule has 0 bridgehead atoms. The number of aromatic nitrogens is 2. The largest absolute Gasteiger partial charge is 0.370 e. The van der Waals surface area contributed by atoms with Gasteiger partial charge in [0.15, 0.2) is 11.8 Å². The van der Waals surface area contributed by atoms with Gasteiger partial charge in [-0.25, -0.2) is 0 Å². The Morgan fingerprint density at radius 3 is 2.91 bits per heavy atom. The van der Waals surface area contributed by atoms with Crippen LogP contribution in [0, 0.1) is 0 Å². The topological polar surface area (TPSA) is 89.3 Å². The first-order chi connectivity index (χ1) is 11.1. The van der Waals surface area contributed by atoms with Crippen molar-refractivity contribution in [2.45, 2.75) is 46.0 Å². The van der Waals surface area contributed by atoms with Gasteiger partial charge in [0.25, 0.3) is 0 Å². The van der Waals surface area contributed by atoms with Crippen LogP contribution in [0.25, 0.3) is 0 Å². The van der Waals surface area contributed by atoms with E-state index in [-0.39, 0.29) is 5.92 Å². The number of rotatable bonds is 7. The van der Waals surface area contributed by atoms with E-state index in [9.17, 15) is 0 Å². The minimum Gasteiger partial charge on any atom is -0.370 e. The number of hydrogen-bond donors (Lipinski definition) is 2. The second-order valence-electron chi connectivity index (χ2n) is 5.75. The molecule has 0 spiro atoms. The molecule has 2 aromatic rings. The van der Waals surface area contributed by atoms with Crippen molar-refractivity contribution < 1.29 is 4.52 Å². The lowest BCUT2D eigenvalue weighted by atomic mass is 10.1. The molecule has 6 heteroatoms. The average Bonchev–Trinajstić information content (AvgIpc) is 3.01. The highest BCUT2D eigenvalue weighted by Gasteiger charge is 2.08. The summed E-state index contributed by atoms with van der Waals surface area (Å²) >= 11 is 0. The van der Waals surface area contributed by atoms with E-state index in [0.717, 1.165) is 24.4 Å². The number of benzene rings is 1. The fraction of sp³-hybridized carbons (Fsp3) is 0.471. The summed E-state index contributed by atoms with van der Waals surface area (Å²) in [6.45, 7) is 6.82. The van der Waals surface area contributed by atoms with Gasteiger partial charge in [0, 0.05) is 24.6 Å². The zero-order valence-corrected chi connectivity index (χ0v) is 14.0. The van der Waals surface area contributed by atoms with Crippen LogP contribution in [0.4, 0.5) is 5.69 Å². The molecule has 3 N–H and O–H groups in total. The Kier molecular flexibility index (Phi) is 6.14. The van der Waals surface area contributed by atoms with Crippen LogP contribution in [-0.2, 0) is 12.8 Å². The zero-order valence-electron chi connectivity index (χ0n) is 14.0. The van der Waals surface area contributed by atoms with Crippen molar-refractivity contribution in [3.63, 3.8) is 0 Å². The summed E-state index contributed by atoms with van der Waals surface area (Å²) in [6.07, 6.45) is 2.52. The third kappa shape index (κ3) is 5.39. The molecule has 6 nitrogen and oxygen atoms in total. The van der Waals surface area contributed by atoms with Crippen LogP contribution >= 0.6 is 0 Å². The number of nitrogens with zero attached hydrogens (tertiary/aromatic N) is 3. The SMILES string of the molecule is CCc1cccc(NC(N)=NCCCc2nc(C(C)C)no2)c1. The van der Waals surface area contributed by atoms with Crippen LogP contribution < -0.4 is 11.1 Å². The molecular formula is C17H25N5O. The van der Waals surface area contributed by atoms with Crippen LogP contribution in [0.1, 0.15) is 50.4 Å². The summed E-state index contributed by atoms with van der Waals surface area (Å²) in [7, 11) is 0. The zero-order chi connectivity index (χ0) is 16.7. The molecule has 0 aliphatic rings. The Morgan fingerprint density at radius 1 is 1.39 bits per heavy atom. The molecule has 0 amide bonds. The molecule has 0 radical (unpaired) electrons. The molecule has 23 heavy (non-hydrogen) atoms. The summed E-state index contributed by atoms with van der Waals surface area (Å²) in [5, 5.41) is 7.05. The maximum Gasteiger partial charge on any atom is 0.226 e. The van der Waals surface area contributed by atoms with Gasteiger partial charge in [0.2, 0.25) is 5.89 Å². The summed E-state index contributed by atoms with van der Waals surface area (Å²) in [5.74, 6) is 2.11. The fourth-order valence-corrected chi connectivity index (χ4v) is 2.09. The molecule has 0 saturated carbocycles. The molecule has 0 aliphatic carbocycles. The van der Waals surface area contributed by atoms with E-state index in [1.165, 1.54) is 5.56 Å². The van der Waals surface area contributed by atoms with Crippen LogP contribution in [0.3, 0.4) is 0 Å². The second kappa shape index (κ2) is 8.31. The monoisotopic (exact) mass is 315 g/mol. The Balaban J connectivity index is 1.78. The number of nitrogens with two attached hydrogens (primary N) is 1. The highest BCUT2D eigenvalue weighted by atomic mass is 16.5. The van der Waals surface area contributed by atoms with E-state index >= 15 is 0 Å². The Labute approximate surface area is 137 Å². The highest BCUT2D eigenvalue weighted by molar-refractivity contribution is 5.92. The van der Waals surface area contributed by atoms with E-state index in [0.29, 0.717) is 24.8 Å². The van der Waals surface area contributed by atoms with Crippen LogP contribution in [0.2, 0.25) is 0 Å². The summed E-state index contributed by atoms with van der Waals surface area (Å²) in [6, 6.07) is 8.16. The Morgan fingerprint density at radius 2 is 2.22 bits per heavy atom. The number of aliphatic imine (C=N–C) groups is 1. The Hall–Kier alpha value is -2.37. The maximum absolute atomic E-state index is 5.91. The first-order valence-electron chi connectivity index (χ1n) is 8.06. The molecule has 0 atom stereocenters. The summed E-state index contributed by atoms with van der Waals surface area (Å²) < 4.78 is 5.20. The van der Waals surface area contributed by atoms with Gasteiger partial charge in [-0.2, -0.15) is 4.98 Å². The minimum absolute atomic E-state index is 0.282. The third-order valence-corrected chi connectivity index (χ3v) is 3.44. The van der Waals surface area contributed by atoms with Gasteiger partial charge in [-0.15, -0.1) is 0 Å². The predicted octanol–water partition coefficient (Wildman–Crippen LogP) is 3.11. The lowest BCUT2D eigenvalue weighted by molar-refractivity contribution is 0.369. The molecule has 124 valence electrons. The quantitative estimate of drug-likeness (QED) is 0.465. The number of aryl methyl sites for hydroxylation is 2. The van der Waals surface area contributed by atoms with Gasteiger partial charge in [-0.3, -0.25) is 4.99 Å². The van der Waals surface area contributed by atoms with Crippen molar-refractivity contribution in [3.05, 3.63) is 41.5 Å². The first kappa shape index (κ1) is 17.0. The normalized spacial score (nSPS) is 11.9. The van der Waals surface area contributed by atoms with Crippen LogP contribution in [0.5, 0.6) is 0 Å². The maximum atomic E-state index is 5.91. The van der Waals surface area contributed by atoms with E-state index in [4.69, 9.17) is 10.3 Å². The van der Waals surface area contributed by atoms with Gasteiger partial charge in [-0.1, -0.05) is 38.1 Å². The first-order valence-corrected chi connectivity index (χ1v) is 8.06. The predicted molar refractivity (Wildman–Crippen MR) is 92.6 cm³/mol. The molecule has 2 rings (SSSR count). The molecule has 0 fully saturated rings. The van der Waals surface area contributed by atoms with E-state index in [1.807, 2.05) is 26.0 Å². The highest BCUT2D eigenvalue weighted by Crippen LogP contribution is 2.11. The van der Waals surface area contributed by atoms with E-state index < -0.39 is 0 Å². The third-order valence-electron chi connectivity index (χ3n) is 3.44. The number of anilines is 1. The summed E-state index contributed by atoms with van der Waals surface area (Å²) in [5.41, 5.74) is 8.13. The van der Waals surface area contributed by atoms with Crippen LogP contribution in [-0.4, -0.2) is 22.6 Å². The van der Waals surface area contributed by atoms with Crippen molar-refractivity contribution in [2.75, 3.05) is 11.9 Å². The van der Waals surface area contributed by atoms with Crippen molar-refractivity contribution in [2.24, 2.45) is 10.7 Å². The van der Waals surface area contributed by atoms with Gasteiger partial charge in [0.1, 0.15) is 0 Å². The molecule has 0 saturated heterocycles. The molecule has 0 aliphatic heterocycles. The molecule has 0 unspecified atom stereocenters. The van der Waals surface area contributed by atoms with E-state index in [2.05, 4.69) is 39.5 Å². The number of nitrogens with one attached hydrogen (secondary N) is 1.